The summed E-state index contributed by atoms with van der Waals surface area (Å²) in [6.45, 7) is 0. The van der Waals surface area contributed by atoms with Crippen LogP contribution in [0.15, 0.2) is 252 Å². The Balaban J connectivity index is 0.816. The zero-order valence-electron chi connectivity index (χ0n) is 38.5. The van der Waals surface area contributed by atoms with E-state index in [0.29, 0.717) is 17.6 Å². The number of hydrogen-bond acceptors (Lipinski definition) is 5. The van der Waals surface area contributed by atoms with E-state index in [4.69, 9.17) is 15.0 Å². The minimum atomic E-state index is -3.86. The van der Waals surface area contributed by atoms with Crippen LogP contribution in [0.1, 0.15) is 0 Å². The highest BCUT2D eigenvalue weighted by atomic mass is 32.2. The summed E-state index contributed by atoms with van der Waals surface area (Å²) < 4.78 is 35.4. The monoisotopic (exact) mass is 944 g/mol. The van der Waals surface area contributed by atoms with Gasteiger partial charge in [-0.1, -0.05) is 152 Å². The molecule has 0 spiro atoms. The molecule has 9 heteroatoms. The van der Waals surface area contributed by atoms with Crippen LogP contribution in [0.5, 0.6) is 0 Å². The zero-order chi connectivity index (χ0) is 47.9. The van der Waals surface area contributed by atoms with Gasteiger partial charge in [-0.2, -0.15) is 9.97 Å². The molecule has 14 rings (SSSR count). The predicted molar refractivity (Wildman–Crippen MR) is 291 cm³/mol. The molecule has 340 valence electrons. The summed E-state index contributed by atoms with van der Waals surface area (Å²) in [6, 6.07) is 81.0. The molecular formula is C63H40N6O2S. The fourth-order valence-corrected chi connectivity index (χ4v) is 11.8. The Morgan fingerprint density at radius 1 is 0.278 bits per heavy atom. The molecule has 14 aromatic rings. The molecule has 0 aliphatic carbocycles. The first-order valence-electron chi connectivity index (χ1n) is 23.8. The number of nitrogens with zero attached hydrogens (tertiary/aromatic N) is 6. The average molecular weight is 945 g/mol. The molecule has 0 aliphatic rings. The number of rotatable bonds is 8. The molecular weight excluding hydrogens is 905 g/mol. The van der Waals surface area contributed by atoms with Crippen LogP contribution in [0.3, 0.4) is 0 Å². The Bertz CT molecular complexity index is 4490. The molecule has 0 radical (unpaired) electrons. The van der Waals surface area contributed by atoms with E-state index >= 15 is 0 Å². The maximum Gasteiger partial charge on any atom is 0.238 e. The van der Waals surface area contributed by atoms with Gasteiger partial charge in [0.25, 0.3) is 0 Å². The first kappa shape index (κ1) is 41.5. The summed E-state index contributed by atoms with van der Waals surface area (Å²) in [5.41, 5.74) is 11.8. The van der Waals surface area contributed by atoms with Crippen molar-refractivity contribution in [1.29, 1.82) is 0 Å². The molecule has 0 bridgehead atoms. The molecule has 4 heterocycles. The fourth-order valence-electron chi connectivity index (χ4n) is 10.6. The highest BCUT2D eigenvalue weighted by Crippen LogP contribution is 2.41. The van der Waals surface area contributed by atoms with Crippen molar-refractivity contribution in [2.45, 2.75) is 9.79 Å². The van der Waals surface area contributed by atoms with E-state index in [2.05, 4.69) is 129 Å². The normalized spacial score (nSPS) is 12.0. The van der Waals surface area contributed by atoms with Crippen LogP contribution < -0.4 is 0 Å². The first-order valence-corrected chi connectivity index (χ1v) is 25.3. The van der Waals surface area contributed by atoms with Crippen LogP contribution in [-0.4, -0.2) is 37.1 Å². The van der Waals surface area contributed by atoms with Crippen molar-refractivity contribution in [3.63, 3.8) is 0 Å². The summed E-state index contributed by atoms with van der Waals surface area (Å²) in [5, 5.41) is 6.70. The summed E-state index contributed by atoms with van der Waals surface area (Å²) in [7, 11) is -3.86. The van der Waals surface area contributed by atoms with E-state index in [-0.39, 0.29) is 9.79 Å². The molecule has 0 fully saturated rings. The van der Waals surface area contributed by atoms with Crippen LogP contribution in [0, 0.1) is 0 Å². The van der Waals surface area contributed by atoms with Crippen molar-refractivity contribution in [3.05, 3.63) is 243 Å². The van der Waals surface area contributed by atoms with Crippen molar-refractivity contribution < 1.29 is 8.42 Å². The smallest absolute Gasteiger partial charge is 0.238 e. The summed E-state index contributed by atoms with van der Waals surface area (Å²) in [5.74, 6) is 1.69. The third kappa shape index (κ3) is 6.59. The van der Waals surface area contributed by atoms with Gasteiger partial charge in [-0.05, 0) is 102 Å². The van der Waals surface area contributed by atoms with Crippen molar-refractivity contribution in [2.24, 2.45) is 0 Å². The summed E-state index contributed by atoms with van der Waals surface area (Å²) >= 11 is 0. The molecule has 0 aliphatic heterocycles. The number of hydrogen-bond donors (Lipinski definition) is 0. The minimum absolute atomic E-state index is 0.225. The second-order valence-electron chi connectivity index (χ2n) is 18.0. The van der Waals surface area contributed by atoms with Crippen molar-refractivity contribution in [2.75, 3.05) is 0 Å². The van der Waals surface area contributed by atoms with Crippen LogP contribution in [0.2, 0.25) is 0 Å². The fraction of sp³-hybridized carbons (Fsp3) is 0. The SMILES string of the molecule is O=S(=O)(c1ccc(-c2ccc3c(c2)c2ccccc2n3-c2nc(-c3ccccc3)nc(-c3ccccc3)n2)cc1)c1ccc(-n2c3ccccc3c3cc4c5ccccc5n(-c5ccccc5)c4cc32)cc1. The van der Waals surface area contributed by atoms with Crippen molar-refractivity contribution in [3.8, 4) is 51.2 Å². The van der Waals surface area contributed by atoms with Gasteiger partial charge in [-0.15, -0.1) is 0 Å². The third-order valence-corrected chi connectivity index (χ3v) is 15.7. The van der Waals surface area contributed by atoms with Crippen molar-refractivity contribution in [1.82, 2.24) is 28.7 Å². The van der Waals surface area contributed by atoms with Gasteiger partial charge in [-0.25, -0.2) is 13.4 Å². The van der Waals surface area contributed by atoms with Gasteiger partial charge in [0.2, 0.25) is 15.8 Å². The second kappa shape index (κ2) is 16.3. The van der Waals surface area contributed by atoms with Crippen LogP contribution in [-0.2, 0) is 9.84 Å². The highest BCUT2D eigenvalue weighted by Gasteiger charge is 2.23. The van der Waals surface area contributed by atoms with E-state index in [9.17, 15) is 8.42 Å². The number of aromatic nitrogens is 6. The van der Waals surface area contributed by atoms with Gasteiger partial charge in [-0.3, -0.25) is 4.57 Å². The van der Waals surface area contributed by atoms with E-state index in [1.807, 2.05) is 103 Å². The summed E-state index contributed by atoms with van der Waals surface area (Å²) in [4.78, 5) is 15.5. The highest BCUT2D eigenvalue weighted by molar-refractivity contribution is 7.91. The molecule has 10 aromatic carbocycles. The van der Waals surface area contributed by atoms with Crippen LogP contribution >= 0.6 is 0 Å². The minimum Gasteiger partial charge on any atom is -0.309 e. The zero-order valence-corrected chi connectivity index (χ0v) is 39.3. The largest absolute Gasteiger partial charge is 0.309 e. The number of para-hydroxylation sites is 4. The first-order chi connectivity index (χ1) is 35.5. The summed E-state index contributed by atoms with van der Waals surface area (Å²) in [6.07, 6.45) is 0. The Kier molecular flexibility index (Phi) is 9.42. The Hall–Kier alpha value is -9.44. The van der Waals surface area contributed by atoms with Crippen LogP contribution in [0.25, 0.3) is 117 Å². The Labute approximate surface area is 413 Å². The number of benzene rings is 10. The number of fused-ring (bicyclic) bond motifs is 9. The number of sulfone groups is 1. The van der Waals surface area contributed by atoms with Crippen molar-refractivity contribution >= 4 is 75.3 Å². The molecule has 0 N–H and O–H groups in total. The molecule has 8 nitrogen and oxygen atoms in total. The van der Waals surface area contributed by atoms with E-state index in [1.165, 1.54) is 10.8 Å². The second-order valence-corrected chi connectivity index (χ2v) is 20.0. The molecule has 0 unspecified atom stereocenters. The molecule has 0 saturated heterocycles. The maximum atomic E-state index is 14.4. The average Bonchev–Trinajstić information content (AvgIpc) is 4.08. The maximum absolute atomic E-state index is 14.4. The van der Waals surface area contributed by atoms with Gasteiger partial charge in [0, 0.05) is 54.8 Å². The lowest BCUT2D eigenvalue weighted by Crippen LogP contribution is -2.06. The van der Waals surface area contributed by atoms with E-state index in [1.54, 1.807) is 24.3 Å². The van der Waals surface area contributed by atoms with Gasteiger partial charge >= 0.3 is 0 Å². The van der Waals surface area contributed by atoms with Gasteiger partial charge in [0.1, 0.15) is 0 Å². The van der Waals surface area contributed by atoms with E-state index < -0.39 is 9.84 Å². The van der Waals surface area contributed by atoms with Gasteiger partial charge < -0.3 is 9.13 Å². The Morgan fingerprint density at radius 2 is 0.681 bits per heavy atom. The standard InChI is InChI=1S/C63H40N6O2S/c70-72(71,48-35-31-46(32-36-48)68-56-26-14-11-24-51(56)54-39-53-50-23-10-13-25-55(50)67(59(53)40-60(54)68)45-20-8-3-9-21-45)47-33-28-41(29-34-47)44-30-37-58-52(38-44)49-22-12-15-27-57(49)69(58)63-65-61(42-16-4-1-5-17-42)64-62(66-63)43-18-6-2-7-19-43/h1-40H. The van der Waals surface area contributed by atoms with Gasteiger partial charge in [0.15, 0.2) is 11.6 Å². The lowest BCUT2D eigenvalue weighted by molar-refractivity contribution is 0.596. The molecule has 72 heavy (non-hydrogen) atoms. The molecule has 0 amide bonds. The topological polar surface area (TPSA) is 87.6 Å². The van der Waals surface area contributed by atoms with Gasteiger partial charge in [0.05, 0.1) is 42.9 Å². The lowest BCUT2D eigenvalue weighted by Gasteiger charge is -2.12. The quantitative estimate of drug-likeness (QED) is 0.151. The van der Waals surface area contributed by atoms with E-state index in [0.717, 1.165) is 88.3 Å². The lowest BCUT2D eigenvalue weighted by atomic mass is 10.0. The molecule has 0 saturated carbocycles. The molecule has 0 atom stereocenters. The third-order valence-electron chi connectivity index (χ3n) is 13.9. The molecule has 4 aromatic heterocycles. The predicted octanol–water partition coefficient (Wildman–Crippen LogP) is 15.0. The van der Waals surface area contributed by atoms with Crippen LogP contribution in [0.4, 0.5) is 0 Å². The Morgan fingerprint density at radius 3 is 1.21 bits per heavy atom.